The fourth-order valence-electron chi connectivity index (χ4n) is 1.16. The summed E-state index contributed by atoms with van der Waals surface area (Å²) in [6.45, 7) is 0. The van der Waals surface area contributed by atoms with E-state index in [4.69, 9.17) is 23.2 Å². The van der Waals surface area contributed by atoms with Crippen LogP contribution in [0.25, 0.3) is 0 Å². The van der Waals surface area contributed by atoms with E-state index >= 15 is 0 Å². The van der Waals surface area contributed by atoms with Crippen molar-refractivity contribution in [3.05, 3.63) is 33.8 Å². The average molecular weight is 265 g/mol. The number of ether oxygens (including phenoxy) is 1. The van der Waals surface area contributed by atoms with E-state index in [1.165, 1.54) is 18.2 Å². The summed E-state index contributed by atoms with van der Waals surface area (Å²) in [4.78, 5) is 11.0. The predicted molar refractivity (Wildman–Crippen MR) is 59.4 cm³/mol. The number of hydrogen-bond acceptors (Lipinski definition) is 4. The fraction of sp³-hybridized carbons (Fsp3) is 0.300. The molecule has 0 saturated carbocycles. The smallest absolute Gasteiger partial charge is 0.337 e. The molecular formula is C10H10Cl2O4. The molecule has 0 fully saturated rings. The molecule has 2 N–H and O–H groups in total. The molecule has 1 aromatic rings. The molecule has 0 bridgehead atoms. The predicted octanol–water partition coefficient (Wildman–Crippen LogP) is 1.56. The van der Waals surface area contributed by atoms with Crippen LogP contribution in [0.4, 0.5) is 0 Å². The molecule has 0 unspecified atom stereocenters. The van der Waals surface area contributed by atoms with Crippen LogP contribution in [0.15, 0.2) is 18.2 Å². The van der Waals surface area contributed by atoms with E-state index in [9.17, 15) is 15.0 Å². The summed E-state index contributed by atoms with van der Waals surface area (Å²) in [6, 6.07) is 4.34. The maximum Gasteiger partial charge on any atom is 0.337 e. The molecule has 0 aromatic heterocycles. The topological polar surface area (TPSA) is 66.8 Å². The number of benzene rings is 1. The lowest BCUT2D eigenvalue weighted by Crippen LogP contribution is -2.29. The molecule has 2 atom stereocenters. The van der Waals surface area contributed by atoms with E-state index in [2.05, 4.69) is 4.74 Å². The number of carbonyl (C=O) groups excluding carboxylic acids is 1. The molecule has 16 heavy (non-hydrogen) atoms. The van der Waals surface area contributed by atoms with E-state index in [0.29, 0.717) is 5.02 Å². The van der Waals surface area contributed by atoms with Crippen molar-refractivity contribution in [3.8, 4) is 0 Å². The van der Waals surface area contributed by atoms with Gasteiger partial charge in [0.1, 0.15) is 6.10 Å². The van der Waals surface area contributed by atoms with Crippen molar-refractivity contribution in [1.82, 2.24) is 0 Å². The van der Waals surface area contributed by atoms with Gasteiger partial charge in [-0.3, -0.25) is 0 Å². The van der Waals surface area contributed by atoms with Crippen molar-refractivity contribution in [2.75, 3.05) is 7.11 Å². The second-order valence-corrected chi connectivity index (χ2v) is 3.92. The minimum Gasteiger partial charge on any atom is -0.467 e. The van der Waals surface area contributed by atoms with Gasteiger partial charge in [0.05, 0.1) is 7.11 Å². The highest BCUT2D eigenvalue weighted by Gasteiger charge is 2.27. The van der Waals surface area contributed by atoms with Crippen LogP contribution < -0.4 is 0 Å². The third-order valence-corrected chi connectivity index (χ3v) is 2.59. The Hall–Kier alpha value is -0.810. The molecule has 1 rings (SSSR count). The molecule has 0 spiro atoms. The molecule has 0 amide bonds. The Balaban J connectivity index is 2.96. The zero-order valence-electron chi connectivity index (χ0n) is 8.35. The minimum atomic E-state index is -1.68. The fourth-order valence-corrected chi connectivity index (χ4v) is 1.68. The lowest BCUT2D eigenvalue weighted by molar-refractivity contribution is -0.156. The molecule has 1 aromatic carbocycles. The molecule has 0 aliphatic rings. The van der Waals surface area contributed by atoms with Gasteiger partial charge in [0.2, 0.25) is 0 Å². The Morgan fingerprint density at radius 1 is 1.38 bits per heavy atom. The summed E-state index contributed by atoms with van der Waals surface area (Å²) in [5.41, 5.74) is 0.212. The largest absolute Gasteiger partial charge is 0.467 e. The zero-order valence-corrected chi connectivity index (χ0v) is 9.87. The lowest BCUT2D eigenvalue weighted by atomic mass is 10.0. The van der Waals surface area contributed by atoms with Crippen molar-refractivity contribution in [1.29, 1.82) is 0 Å². The van der Waals surface area contributed by atoms with Crippen LogP contribution >= 0.6 is 23.2 Å². The lowest BCUT2D eigenvalue weighted by Gasteiger charge is -2.17. The van der Waals surface area contributed by atoms with E-state index in [1.54, 1.807) is 0 Å². The van der Waals surface area contributed by atoms with E-state index in [-0.39, 0.29) is 10.6 Å². The normalized spacial score (nSPS) is 14.3. The Morgan fingerprint density at radius 2 is 2.00 bits per heavy atom. The van der Waals surface area contributed by atoms with E-state index < -0.39 is 18.2 Å². The highest BCUT2D eigenvalue weighted by molar-refractivity contribution is 6.35. The number of aliphatic hydroxyl groups is 2. The minimum absolute atomic E-state index is 0.169. The third kappa shape index (κ3) is 2.86. The summed E-state index contributed by atoms with van der Waals surface area (Å²) in [7, 11) is 1.11. The Kier molecular flexibility index (Phi) is 4.56. The maximum atomic E-state index is 11.0. The monoisotopic (exact) mass is 264 g/mol. The Morgan fingerprint density at radius 3 is 2.50 bits per heavy atom. The van der Waals surface area contributed by atoms with Crippen molar-refractivity contribution < 1.29 is 19.7 Å². The standard InChI is InChI=1S/C10H10Cl2O4/c1-16-10(15)9(14)8(13)6-3-2-5(11)4-7(6)12/h2-4,8-9,13-14H,1H3/t8-,9+/m0/s1. The first-order chi connectivity index (χ1) is 7.47. The molecule has 0 heterocycles. The first-order valence-corrected chi connectivity index (χ1v) is 5.12. The van der Waals surface area contributed by atoms with Crippen LogP contribution in [0, 0.1) is 0 Å². The Labute approximate surface area is 102 Å². The molecule has 6 heteroatoms. The summed E-state index contributed by atoms with van der Waals surface area (Å²) in [5, 5.41) is 19.7. The van der Waals surface area contributed by atoms with Crippen LogP contribution in [-0.2, 0) is 9.53 Å². The second kappa shape index (κ2) is 5.50. The molecule has 0 saturated heterocycles. The first kappa shape index (κ1) is 13.3. The number of halogens is 2. The van der Waals surface area contributed by atoms with Gasteiger partial charge in [0.15, 0.2) is 6.10 Å². The van der Waals surface area contributed by atoms with E-state index in [1.807, 2.05) is 0 Å². The summed E-state index contributed by atoms with van der Waals surface area (Å²) < 4.78 is 4.30. The quantitative estimate of drug-likeness (QED) is 0.814. The average Bonchev–Trinajstić information content (AvgIpc) is 2.26. The van der Waals surface area contributed by atoms with Gasteiger partial charge in [0, 0.05) is 15.6 Å². The van der Waals surface area contributed by atoms with Gasteiger partial charge in [-0.1, -0.05) is 29.3 Å². The van der Waals surface area contributed by atoms with Gasteiger partial charge in [-0.15, -0.1) is 0 Å². The number of carbonyl (C=O) groups is 1. The second-order valence-electron chi connectivity index (χ2n) is 3.08. The third-order valence-electron chi connectivity index (χ3n) is 2.02. The molecule has 0 aliphatic carbocycles. The zero-order chi connectivity index (χ0) is 12.3. The van der Waals surface area contributed by atoms with Crippen molar-refractivity contribution in [2.24, 2.45) is 0 Å². The van der Waals surface area contributed by atoms with Gasteiger partial charge < -0.3 is 14.9 Å². The van der Waals surface area contributed by atoms with Crippen molar-refractivity contribution >= 4 is 29.2 Å². The van der Waals surface area contributed by atoms with Crippen LogP contribution in [0.3, 0.4) is 0 Å². The van der Waals surface area contributed by atoms with E-state index in [0.717, 1.165) is 7.11 Å². The summed E-state index contributed by atoms with van der Waals surface area (Å²) in [5.74, 6) is -0.932. The van der Waals surface area contributed by atoms with Crippen LogP contribution in [0.1, 0.15) is 11.7 Å². The number of aliphatic hydroxyl groups excluding tert-OH is 2. The van der Waals surface area contributed by atoms with Gasteiger partial charge in [0.25, 0.3) is 0 Å². The molecule has 0 aliphatic heterocycles. The number of hydrogen-bond donors (Lipinski definition) is 2. The Bertz CT molecular complexity index is 394. The van der Waals surface area contributed by atoms with Gasteiger partial charge >= 0.3 is 5.97 Å². The molecule has 88 valence electrons. The maximum absolute atomic E-state index is 11.0. The molecule has 0 radical (unpaired) electrons. The van der Waals surface area contributed by atoms with Crippen LogP contribution in [-0.4, -0.2) is 29.4 Å². The summed E-state index contributed by atoms with van der Waals surface area (Å²) in [6.07, 6.45) is -3.12. The molecule has 4 nitrogen and oxygen atoms in total. The van der Waals surface area contributed by atoms with Crippen LogP contribution in [0.5, 0.6) is 0 Å². The highest BCUT2D eigenvalue weighted by atomic mass is 35.5. The van der Waals surface area contributed by atoms with Gasteiger partial charge in [-0.25, -0.2) is 4.79 Å². The number of esters is 1. The first-order valence-electron chi connectivity index (χ1n) is 4.36. The van der Waals surface area contributed by atoms with Gasteiger partial charge in [-0.2, -0.15) is 0 Å². The number of methoxy groups -OCH3 is 1. The van der Waals surface area contributed by atoms with Crippen LogP contribution in [0.2, 0.25) is 10.0 Å². The SMILES string of the molecule is COC(=O)[C@H](O)[C@@H](O)c1ccc(Cl)cc1Cl. The summed E-state index contributed by atoms with van der Waals surface area (Å²) >= 11 is 11.5. The van der Waals surface area contributed by atoms with Gasteiger partial charge in [-0.05, 0) is 12.1 Å². The van der Waals surface area contributed by atoms with Crippen molar-refractivity contribution in [2.45, 2.75) is 12.2 Å². The molecular weight excluding hydrogens is 255 g/mol. The van der Waals surface area contributed by atoms with Crippen molar-refractivity contribution in [3.63, 3.8) is 0 Å². The highest BCUT2D eigenvalue weighted by Crippen LogP contribution is 2.28. The number of rotatable bonds is 3.